The van der Waals surface area contributed by atoms with Crippen LogP contribution < -0.4 is 5.73 Å². The quantitative estimate of drug-likeness (QED) is 0.933. The molecule has 0 amide bonds. The van der Waals surface area contributed by atoms with E-state index in [-0.39, 0.29) is 11.5 Å². The fraction of sp³-hybridized carbons (Fsp3) is 0.286. The van der Waals surface area contributed by atoms with Crippen LogP contribution >= 0.6 is 0 Å². The number of aryl methyl sites for hydroxylation is 1. The van der Waals surface area contributed by atoms with E-state index in [1.807, 2.05) is 12.1 Å². The molecule has 6 heteroatoms. The van der Waals surface area contributed by atoms with Crippen molar-refractivity contribution in [2.45, 2.75) is 25.9 Å². The molecule has 0 saturated carbocycles. The molecule has 0 aliphatic heterocycles. The molecule has 1 aromatic heterocycles. The van der Waals surface area contributed by atoms with Gasteiger partial charge in [0.2, 0.25) is 5.82 Å². The molecule has 3 nitrogen and oxygen atoms in total. The molecular weight excluding hydrogens is 267 g/mol. The van der Waals surface area contributed by atoms with E-state index in [4.69, 9.17) is 5.73 Å². The number of hydrogen-bond donors (Lipinski definition) is 1. The van der Waals surface area contributed by atoms with E-state index in [0.29, 0.717) is 5.56 Å². The number of rotatable bonds is 3. The third-order valence-corrected chi connectivity index (χ3v) is 2.79. The number of aromatic nitrogens is 2. The van der Waals surface area contributed by atoms with Crippen LogP contribution in [0.3, 0.4) is 0 Å². The van der Waals surface area contributed by atoms with Gasteiger partial charge in [0, 0.05) is 11.6 Å². The lowest BCUT2D eigenvalue weighted by molar-refractivity contribution is -0.144. The molecule has 0 saturated heterocycles. The van der Waals surface area contributed by atoms with Crippen molar-refractivity contribution in [2.24, 2.45) is 0 Å². The molecule has 2 rings (SSSR count). The Balaban J connectivity index is 2.39. The monoisotopic (exact) mass is 281 g/mol. The normalized spacial score (nSPS) is 11.6. The van der Waals surface area contributed by atoms with E-state index >= 15 is 0 Å². The summed E-state index contributed by atoms with van der Waals surface area (Å²) in [6.07, 6.45) is -2.66. The fourth-order valence-electron chi connectivity index (χ4n) is 1.87. The van der Waals surface area contributed by atoms with Crippen LogP contribution in [0.1, 0.15) is 24.7 Å². The average molecular weight is 281 g/mol. The zero-order valence-corrected chi connectivity index (χ0v) is 10.9. The Bertz CT molecular complexity index is 592. The zero-order valence-electron chi connectivity index (χ0n) is 10.9. The molecule has 0 radical (unpaired) electrons. The van der Waals surface area contributed by atoms with E-state index in [2.05, 4.69) is 16.9 Å². The van der Waals surface area contributed by atoms with Gasteiger partial charge in [-0.1, -0.05) is 37.6 Å². The first-order chi connectivity index (χ1) is 9.40. The number of alkyl halides is 3. The van der Waals surface area contributed by atoms with E-state index in [1.165, 1.54) is 6.07 Å². The molecule has 2 N–H and O–H groups in total. The maximum absolute atomic E-state index is 12.6. The Morgan fingerprint density at radius 2 is 1.75 bits per heavy atom. The Morgan fingerprint density at radius 1 is 1.10 bits per heavy atom. The first-order valence-electron chi connectivity index (χ1n) is 6.21. The molecule has 1 heterocycles. The van der Waals surface area contributed by atoms with Crippen molar-refractivity contribution in [3.8, 4) is 11.3 Å². The van der Waals surface area contributed by atoms with Crippen LogP contribution in [0.25, 0.3) is 11.3 Å². The average Bonchev–Trinajstić information content (AvgIpc) is 2.38. The molecule has 0 aliphatic carbocycles. The summed E-state index contributed by atoms with van der Waals surface area (Å²) in [5.41, 5.74) is 7.31. The van der Waals surface area contributed by atoms with E-state index in [1.54, 1.807) is 12.1 Å². The molecule has 106 valence electrons. The molecular formula is C14H14F3N3. The summed E-state index contributed by atoms with van der Waals surface area (Å²) in [6, 6.07) is 8.58. The molecule has 20 heavy (non-hydrogen) atoms. The summed E-state index contributed by atoms with van der Waals surface area (Å²) in [6.45, 7) is 2.06. The lowest BCUT2D eigenvalue weighted by Crippen LogP contribution is -2.13. The second kappa shape index (κ2) is 5.48. The topological polar surface area (TPSA) is 51.8 Å². The number of nitrogen functional groups attached to an aromatic ring is 1. The van der Waals surface area contributed by atoms with Gasteiger partial charge in [-0.3, -0.25) is 0 Å². The maximum Gasteiger partial charge on any atom is 0.451 e. The minimum absolute atomic E-state index is 0.174. The highest BCUT2D eigenvalue weighted by Gasteiger charge is 2.35. The summed E-state index contributed by atoms with van der Waals surface area (Å²) < 4.78 is 37.9. The van der Waals surface area contributed by atoms with Crippen molar-refractivity contribution in [1.82, 2.24) is 9.97 Å². The van der Waals surface area contributed by atoms with E-state index < -0.39 is 12.0 Å². The van der Waals surface area contributed by atoms with E-state index in [0.717, 1.165) is 18.4 Å². The van der Waals surface area contributed by atoms with Crippen molar-refractivity contribution in [3.63, 3.8) is 0 Å². The molecule has 0 spiro atoms. The predicted molar refractivity (Wildman–Crippen MR) is 70.9 cm³/mol. The summed E-state index contributed by atoms with van der Waals surface area (Å²) >= 11 is 0. The molecule has 1 aromatic carbocycles. The van der Waals surface area contributed by atoms with Crippen LogP contribution in [0.5, 0.6) is 0 Å². The number of nitrogens with zero attached hydrogens (tertiary/aromatic N) is 2. The highest BCUT2D eigenvalue weighted by Crippen LogP contribution is 2.29. The third kappa shape index (κ3) is 3.26. The van der Waals surface area contributed by atoms with Crippen LogP contribution in [0, 0.1) is 0 Å². The number of hydrogen-bond acceptors (Lipinski definition) is 3. The van der Waals surface area contributed by atoms with Crippen molar-refractivity contribution < 1.29 is 13.2 Å². The number of anilines is 1. The SMILES string of the molecule is CCCc1ccc(-c2cc(N)nc(C(F)(F)F)n2)cc1. The van der Waals surface area contributed by atoms with Gasteiger partial charge in [-0.25, -0.2) is 9.97 Å². The lowest BCUT2D eigenvalue weighted by Gasteiger charge is -2.09. The largest absolute Gasteiger partial charge is 0.451 e. The third-order valence-electron chi connectivity index (χ3n) is 2.79. The van der Waals surface area contributed by atoms with Crippen molar-refractivity contribution in [1.29, 1.82) is 0 Å². The second-order valence-corrected chi connectivity index (χ2v) is 4.45. The van der Waals surface area contributed by atoms with Gasteiger partial charge in [-0.2, -0.15) is 13.2 Å². The van der Waals surface area contributed by atoms with Crippen LogP contribution in [-0.4, -0.2) is 9.97 Å². The summed E-state index contributed by atoms with van der Waals surface area (Å²) in [4.78, 5) is 6.75. The van der Waals surface area contributed by atoms with Crippen molar-refractivity contribution in [2.75, 3.05) is 5.73 Å². The van der Waals surface area contributed by atoms with Crippen LogP contribution in [0.15, 0.2) is 30.3 Å². The standard InChI is InChI=1S/C14H14F3N3/c1-2-3-9-4-6-10(7-5-9)11-8-12(18)20-13(19-11)14(15,16)17/h4-8H,2-3H2,1H3,(H2,18,19,20). The van der Waals surface area contributed by atoms with Gasteiger partial charge in [0.25, 0.3) is 0 Å². The summed E-state index contributed by atoms with van der Waals surface area (Å²) in [7, 11) is 0. The Kier molecular flexibility index (Phi) is 3.92. The first kappa shape index (κ1) is 14.3. The summed E-state index contributed by atoms with van der Waals surface area (Å²) in [5, 5.41) is 0. The highest BCUT2D eigenvalue weighted by atomic mass is 19.4. The second-order valence-electron chi connectivity index (χ2n) is 4.45. The van der Waals surface area contributed by atoms with Gasteiger partial charge in [0.15, 0.2) is 0 Å². The lowest BCUT2D eigenvalue weighted by atomic mass is 10.1. The van der Waals surface area contributed by atoms with Gasteiger partial charge in [0.05, 0.1) is 5.69 Å². The minimum atomic E-state index is -4.60. The molecule has 2 aromatic rings. The van der Waals surface area contributed by atoms with Gasteiger partial charge in [-0.05, 0) is 12.0 Å². The smallest absolute Gasteiger partial charge is 0.384 e. The van der Waals surface area contributed by atoms with Gasteiger partial charge in [0.1, 0.15) is 5.82 Å². The Morgan fingerprint density at radius 3 is 2.30 bits per heavy atom. The summed E-state index contributed by atoms with van der Waals surface area (Å²) in [5.74, 6) is -1.41. The van der Waals surface area contributed by atoms with Crippen LogP contribution in [0.2, 0.25) is 0 Å². The van der Waals surface area contributed by atoms with E-state index in [9.17, 15) is 13.2 Å². The molecule has 0 aliphatic rings. The van der Waals surface area contributed by atoms with Crippen molar-refractivity contribution >= 4 is 5.82 Å². The number of benzene rings is 1. The fourth-order valence-corrected chi connectivity index (χ4v) is 1.87. The maximum atomic E-state index is 12.6. The van der Waals surface area contributed by atoms with Gasteiger partial charge >= 0.3 is 6.18 Å². The van der Waals surface area contributed by atoms with Gasteiger partial charge < -0.3 is 5.73 Å². The minimum Gasteiger partial charge on any atom is -0.384 e. The van der Waals surface area contributed by atoms with Crippen molar-refractivity contribution in [3.05, 3.63) is 41.7 Å². The zero-order chi connectivity index (χ0) is 14.8. The predicted octanol–water partition coefficient (Wildman–Crippen LogP) is 3.70. The van der Waals surface area contributed by atoms with Gasteiger partial charge in [-0.15, -0.1) is 0 Å². The first-order valence-corrected chi connectivity index (χ1v) is 6.21. The Hall–Kier alpha value is -2.11. The van der Waals surface area contributed by atoms with Crippen LogP contribution in [-0.2, 0) is 12.6 Å². The number of nitrogens with two attached hydrogens (primary N) is 1. The number of halogens is 3. The molecule has 0 atom stereocenters. The highest BCUT2D eigenvalue weighted by molar-refractivity contribution is 5.62. The molecule has 0 unspecified atom stereocenters. The van der Waals surface area contributed by atoms with Crippen LogP contribution in [0.4, 0.5) is 19.0 Å². The molecule has 0 bridgehead atoms. The Labute approximate surface area is 114 Å². The molecule has 0 fully saturated rings.